The fourth-order valence-electron chi connectivity index (χ4n) is 3.41. The Kier molecular flexibility index (Phi) is 7.76. The number of amides is 1. The lowest BCUT2D eigenvalue weighted by molar-refractivity contribution is -0.185. The molecule has 0 radical (unpaired) electrons. The highest BCUT2D eigenvalue weighted by molar-refractivity contribution is 8.45. The molecule has 0 unspecified atom stereocenters. The maximum Gasteiger partial charge on any atom is 0.429 e. The zero-order chi connectivity index (χ0) is 28.5. The van der Waals surface area contributed by atoms with E-state index in [0.29, 0.717) is 6.08 Å². The summed E-state index contributed by atoms with van der Waals surface area (Å²) in [4.78, 5) is 26.1. The van der Waals surface area contributed by atoms with Crippen molar-refractivity contribution in [1.29, 1.82) is 0 Å². The molecular weight excluding hydrogens is 544 g/mol. The molecule has 0 aliphatic carbocycles. The Hall–Kier alpha value is -3.24. The molecule has 8 nitrogen and oxygen atoms in total. The normalized spacial score (nSPS) is 18.2. The minimum atomic E-state index is -10.2. The van der Waals surface area contributed by atoms with Crippen LogP contribution in [-0.4, -0.2) is 49.8 Å². The minimum absolute atomic E-state index is 0.00694. The standard InChI is InChI=1S/C20H24F8N4O4S/c1-3-10-7-12(37(24,25,26,27)28)8-11-9-13(16(20(21,22)23)36-15(10)11)17(33)32-14(18(34)35-2)5-4-6-31-19(29)30/h7-9,14,16H,3-6H2,1-2H3,(H,32,33)(H4,29,30,31)/t14-,16-/m0/s1. The van der Waals surface area contributed by atoms with Crippen LogP contribution in [0.4, 0.5) is 32.6 Å². The molecule has 0 fully saturated rings. The lowest BCUT2D eigenvalue weighted by Gasteiger charge is -2.41. The Morgan fingerprint density at radius 1 is 1.19 bits per heavy atom. The second-order valence-electron chi connectivity index (χ2n) is 7.96. The topological polar surface area (TPSA) is 129 Å². The number of halogens is 8. The van der Waals surface area contributed by atoms with Crippen LogP contribution in [0.15, 0.2) is 27.6 Å². The maximum atomic E-state index is 13.8. The van der Waals surface area contributed by atoms with Crippen molar-refractivity contribution in [3.63, 3.8) is 0 Å². The smallest absolute Gasteiger partial charge is 0.429 e. The van der Waals surface area contributed by atoms with Crippen molar-refractivity contribution in [2.45, 2.75) is 49.4 Å². The van der Waals surface area contributed by atoms with Crippen LogP contribution in [0.25, 0.3) is 6.08 Å². The largest absolute Gasteiger partial charge is 0.475 e. The molecule has 0 bridgehead atoms. The molecule has 17 heteroatoms. The van der Waals surface area contributed by atoms with Crippen LogP contribution in [0.3, 0.4) is 0 Å². The number of nitrogens with two attached hydrogens (primary N) is 2. The number of rotatable bonds is 9. The average molecular weight is 568 g/mol. The summed E-state index contributed by atoms with van der Waals surface area (Å²) in [5.41, 5.74) is 7.70. The summed E-state index contributed by atoms with van der Waals surface area (Å²) in [5, 5.41) is 2.01. The third-order valence-electron chi connectivity index (χ3n) is 5.12. The molecule has 1 aromatic carbocycles. The van der Waals surface area contributed by atoms with Crippen molar-refractivity contribution in [3.05, 3.63) is 28.8 Å². The number of carbonyl (C=O) groups is 2. The molecule has 1 amide bonds. The summed E-state index contributed by atoms with van der Waals surface area (Å²) < 4.78 is 118. The van der Waals surface area contributed by atoms with Crippen LogP contribution < -0.4 is 21.5 Å². The molecule has 5 N–H and O–H groups in total. The molecule has 0 aromatic heterocycles. The number of guanidine groups is 1. The Balaban J connectivity index is 2.55. The summed E-state index contributed by atoms with van der Waals surface area (Å²) in [6, 6.07) is -1.55. The zero-order valence-corrected chi connectivity index (χ0v) is 20.2. The van der Waals surface area contributed by atoms with Crippen molar-refractivity contribution in [3.8, 4) is 5.75 Å². The van der Waals surface area contributed by atoms with Crippen molar-refractivity contribution < 1.29 is 51.7 Å². The van der Waals surface area contributed by atoms with Crippen molar-refractivity contribution >= 4 is 34.1 Å². The number of hydrogen-bond acceptors (Lipinski definition) is 5. The molecule has 0 saturated carbocycles. The van der Waals surface area contributed by atoms with E-state index in [1.54, 1.807) is 0 Å². The molecule has 2 atom stereocenters. The highest BCUT2D eigenvalue weighted by atomic mass is 32.5. The van der Waals surface area contributed by atoms with E-state index in [4.69, 9.17) is 16.2 Å². The molecule has 1 aliphatic rings. The molecule has 37 heavy (non-hydrogen) atoms. The van der Waals surface area contributed by atoms with Crippen LogP contribution in [0.1, 0.15) is 30.9 Å². The van der Waals surface area contributed by atoms with E-state index >= 15 is 0 Å². The van der Waals surface area contributed by atoms with Gasteiger partial charge >= 0.3 is 22.4 Å². The number of nitrogens with one attached hydrogen (secondary N) is 1. The first-order valence-electron chi connectivity index (χ1n) is 10.5. The maximum absolute atomic E-state index is 13.8. The van der Waals surface area contributed by atoms with Crippen LogP contribution in [0.2, 0.25) is 0 Å². The Morgan fingerprint density at radius 2 is 1.81 bits per heavy atom. The van der Waals surface area contributed by atoms with Crippen LogP contribution >= 0.6 is 10.2 Å². The van der Waals surface area contributed by atoms with Gasteiger partial charge in [-0.1, -0.05) is 26.4 Å². The van der Waals surface area contributed by atoms with E-state index in [-0.39, 0.29) is 43.9 Å². The molecule has 2 rings (SSSR count). The summed E-state index contributed by atoms with van der Waals surface area (Å²) in [7, 11) is -9.29. The lowest BCUT2D eigenvalue weighted by Crippen LogP contribution is -2.48. The number of aryl methyl sites for hydroxylation is 1. The van der Waals surface area contributed by atoms with Crippen LogP contribution in [-0.2, 0) is 20.7 Å². The van der Waals surface area contributed by atoms with E-state index in [0.717, 1.165) is 7.11 Å². The predicted molar refractivity (Wildman–Crippen MR) is 120 cm³/mol. The van der Waals surface area contributed by atoms with Gasteiger partial charge in [0, 0.05) is 12.1 Å². The first-order chi connectivity index (χ1) is 16.7. The zero-order valence-electron chi connectivity index (χ0n) is 19.4. The molecule has 0 spiro atoms. The second kappa shape index (κ2) is 9.57. The number of aliphatic imine (C=N–C) groups is 1. The van der Waals surface area contributed by atoms with Crippen molar-refractivity contribution in [2.24, 2.45) is 16.5 Å². The highest BCUT2D eigenvalue weighted by Crippen LogP contribution is 3.02. The summed E-state index contributed by atoms with van der Waals surface area (Å²) in [6.45, 7) is 1.22. The molecule has 1 heterocycles. The summed E-state index contributed by atoms with van der Waals surface area (Å²) >= 11 is 0. The number of fused-ring (bicyclic) bond motifs is 1. The molecule has 0 saturated heterocycles. The van der Waals surface area contributed by atoms with E-state index in [9.17, 15) is 42.2 Å². The van der Waals surface area contributed by atoms with Gasteiger partial charge in [0.15, 0.2) is 5.96 Å². The number of alkyl halides is 3. The number of carbonyl (C=O) groups excluding carboxylic acids is 2. The van der Waals surface area contributed by atoms with Crippen molar-refractivity contribution in [2.75, 3.05) is 13.7 Å². The van der Waals surface area contributed by atoms with Gasteiger partial charge in [0.2, 0.25) is 6.10 Å². The fourth-order valence-corrected chi connectivity index (χ4v) is 4.12. The third kappa shape index (κ3) is 7.62. The van der Waals surface area contributed by atoms with Gasteiger partial charge < -0.3 is 26.3 Å². The molecule has 1 aliphatic heterocycles. The summed E-state index contributed by atoms with van der Waals surface area (Å²) in [6.07, 6.45) is -8.32. The Bertz CT molecular complexity index is 1130. The second-order valence-corrected chi connectivity index (χ2v) is 10.4. The van der Waals surface area contributed by atoms with Gasteiger partial charge in [0.05, 0.1) is 12.7 Å². The monoisotopic (exact) mass is 568 g/mol. The number of esters is 1. The Morgan fingerprint density at radius 3 is 2.30 bits per heavy atom. The number of methoxy groups -OCH3 is 1. The van der Waals surface area contributed by atoms with Crippen LogP contribution in [0, 0.1) is 0 Å². The Labute approximate surface area is 205 Å². The van der Waals surface area contributed by atoms with Crippen molar-refractivity contribution in [1.82, 2.24) is 5.32 Å². The first-order valence-corrected chi connectivity index (χ1v) is 12.4. The molecule has 1 aromatic rings. The van der Waals surface area contributed by atoms with E-state index in [2.05, 4.69) is 9.73 Å². The van der Waals surface area contributed by atoms with Gasteiger partial charge in [-0.05, 0) is 43.0 Å². The first kappa shape index (κ1) is 30.0. The van der Waals surface area contributed by atoms with Gasteiger partial charge in [-0.3, -0.25) is 9.79 Å². The van der Waals surface area contributed by atoms with Gasteiger partial charge in [-0.15, -0.1) is 0 Å². The van der Waals surface area contributed by atoms with Gasteiger partial charge in [-0.25, -0.2) is 4.79 Å². The van der Waals surface area contributed by atoms with Gasteiger partial charge in [0.25, 0.3) is 5.91 Å². The SMILES string of the molecule is CCc1cc(S(F)(F)(F)(F)F)cc2c1O[C@H](C(F)(F)F)C(C(=O)N[C@@H](CCCN=C(N)N)C(=O)OC)=C2. The minimum Gasteiger partial charge on any atom is -0.475 e. The van der Waals surface area contributed by atoms with Gasteiger partial charge in [0.1, 0.15) is 16.7 Å². The fraction of sp³-hybridized carbons (Fsp3) is 0.450. The van der Waals surface area contributed by atoms with E-state index in [1.807, 2.05) is 5.32 Å². The number of benzene rings is 1. The van der Waals surface area contributed by atoms with Gasteiger partial charge in [-0.2, -0.15) is 13.2 Å². The number of nitrogens with zero attached hydrogens (tertiary/aromatic N) is 1. The summed E-state index contributed by atoms with van der Waals surface area (Å²) in [5.74, 6) is -3.59. The van der Waals surface area contributed by atoms with Crippen LogP contribution in [0.5, 0.6) is 5.75 Å². The highest BCUT2D eigenvalue weighted by Gasteiger charge is 2.66. The number of ether oxygens (including phenoxy) is 2. The molecular formula is C20H24F8N4O4S. The number of hydrogen-bond donors (Lipinski definition) is 3. The van der Waals surface area contributed by atoms with E-state index in [1.165, 1.54) is 6.92 Å². The lowest BCUT2D eigenvalue weighted by atomic mass is 9.97. The third-order valence-corrected chi connectivity index (χ3v) is 6.25. The predicted octanol–water partition coefficient (Wildman–Crippen LogP) is 4.32. The quantitative estimate of drug-likeness (QED) is 0.134. The van der Waals surface area contributed by atoms with E-state index < -0.39 is 67.8 Å². The average Bonchev–Trinajstić information content (AvgIpc) is 2.76. The molecule has 210 valence electrons.